The molecule has 0 spiro atoms. The van der Waals surface area contributed by atoms with Crippen LogP contribution in [0.4, 0.5) is 11.4 Å². The number of halogens is 1. The summed E-state index contributed by atoms with van der Waals surface area (Å²) in [7, 11) is 1.90. The number of carbonyl (C=O) groups is 3. The number of anilines is 2. The third kappa shape index (κ3) is 8.19. The maximum atomic E-state index is 13.7. The maximum Gasteiger partial charge on any atom is 0.291 e. The molecule has 2 aliphatic heterocycles. The Morgan fingerprint density at radius 2 is 1.67 bits per heavy atom. The first kappa shape index (κ1) is 36.7. The number of imidazole rings is 1. The second kappa shape index (κ2) is 16.0. The Hall–Kier alpha value is -4.12. The van der Waals surface area contributed by atoms with E-state index in [0.29, 0.717) is 40.4 Å². The van der Waals surface area contributed by atoms with E-state index in [1.165, 1.54) is 5.57 Å². The number of hydrogen-bond donors (Lipinski definition) is 2. The summed E-state index contributed by atoms with van der Waals surface area (Å²) in [6.07, 6.45) is 7.05. The molecule has 11 heteroatoms. The van der Waals surface area contributed by atoms with E-state index in [2.05, 4.69) is 34.3 Å². The molecule has 2 amide bonds. The van der Waals surface area contributed by atoms with E-state index in [4.69, 9.17) is 21.6 Å². The topological polar surface area (TPSA) is 112 Å². The fraction of sp³-hybridized carbons (Fsp3) is 0.475. The van der Waals surface area contributed by atoms with Crippen LogP contribution in [-0.2, 0) is 29.6 Å². The van der Waals surface area contributed by atoms with Crippen LogP contribution in [0.5, 0.6) is 0 Å². The maximum absolute atomic E-state index is 13.7. The minimum Gasteiger partial charge on any atom is -0.327 e. The van der Waals surface area contributed by atoms with Gasteiger partial charge in [0.15, 0.2) is 5.82 Å². The van der Waals surface area contributed by atoms with Crippen molar-refractivity contribution in [3.8, 4) is 11.1 Å². The van der Waals surface area contributed by atoms with Gasteiger partial charge in [-0.1, -0.05) is 42.8 Å². The van der Waals surface area contributed by atoms with Gasteiger partial charge < -0.3 is 20.0 Å². The highest BCUT2D eigenvalue weighted by atomic mass is 35.5. The Morgan fingerprint density at radius 1 is 0.961 bits per heavy atom. The molecule has 2 aromatic carbocycles. The lowest BCUT2D eigenvalue weighted by molar-refractivity contribution is -0.112. The minimum absolute atomic E-state index is 0.220. The quantitative estimate of drug-likeness (QED) is 0.172. The van der Waals surface area contributed by atoms with Crippen molar-refractivity contribution in [1.82, 2.24) is 19.4 Å². The Morgan fingerprint density at radius 3 is 2.39 bits per heavy atom. The molecule has 0 saturated heterocycles. The second-order valence-electron chi connectivity index (χ2n) is 14.4. The van der Waals surface area contributed by atoms with E-state index in [1.54, 1.807) is 13.0 Å². The fourth-order valence-electron chi connectivity index (χ4n) is 7.65. The third-order valence-corrected chi connectivity index (χ3v) is 11.4. The van der Waals surface area contributed by atoms with Gasteiger partial charge in [-0.05, 0) is 94.2 Å². The van der Waals surface area contributed by atoms with Gasteiger partial charge in [-0.25, -0.2) is 4.98 Å². The summed E-state index contributed by atoms with van der Waals surface area (Å²) < 4.78 is 1.91. The number of nitrogens with one attached hydrogen (secondary N) is 2. The summed E-state index contributed by atoms with van der Waals surface area (Å²) >= 11 is 6.99. The number of aliphatic imine (C=N–C) groups is 1. The molecule has 0 atom stereocenters. The fourth-order valence-corrected chi connectivity index (χ4v) is 7.93. The van der Waals surface area contributed by atoms with Crippen LogP contribution in [0.3, 0.4) is 0 Å². The van der Waals surface area contributed by atoms with E-state index in [0.717, 1.165) is 111 Å². The van der Waals surface area contributed by atoms with Crippen molar-refractivity contribution in [2.45, 2.75) is 72.8 Å². The average Bonchev–Trinajstić information content (AvgIpc) is 3.46. The lowest BCUT2D eigenvalue weighted by atomic mass is 9.82. The highest BCUT2D eigenvalue weighted by Crippen LogP contribution is 2.38. The second-order valence-corrected chi connectivity index (χ2v) is 14.8. The molecule has 3 heterocycles. The SMILES string of the molecule is CCN1CCC(C)=C(/N=C(\C)C(=O)Nc2cccc(-c3cccc(NC(=O)c4nc5c(n4C)CCN(CC4CCC(C=O)CC4)C5)c3Cl)c2C)C1. The molecule has 2 N–H and O–H groups in total. The molecule has 10 nitrogen and oxygen atoms in total. The number of aromatic nitrogens is 2. The zero-order chi connectivity index (χ0) is 36.2. The van der Waals surface area contributed by atoms with Crippen molar-refractivity contribution < 1.29 is 14.4 Å². The van der Waals surface area contributed by atoms with Gasteiger partial charge in [0.25, 0.3) is 11.8 Å². The van der Waals surface area contributed by atoms with E-state index in [-0.39, 0.29) is 17.7 Å². The van der Waals surface area contributed by atoms with Gasteiger partial charge in [-0.3, -0.25) is 24.4 Å². The molecule has 3 aliphatic rings. The molecular formula is C40H50ClN7O3. The predicted octanol–water partition coefficient (Wildman–Crippen LogP) is 7.06. The molecule has 270 valence electrons. The van der Waals surface area contributed by atoms with Crippen LogP contribution in [0.25, 0.3) is 11.1 Å². The Kier molecular flexibility index (Phi) is 11.5. The summed E-state index contributed by atoms with van der Waals surface area (Å²) in [6, 6.07) is 11.3. The van der Waals surface area contributed by atoms with Crippen molar-refractivity contribution in [2.75, 3.05) is 43.4 Å². The molecule has 6 rings (SSSR count). The van der Waals surface area contributed by atoms with Crippen molar-refractivity contribution >= 4 is 46.8 Å². The van der Waals surface area contributed by atoms with Gasteiger partial charge in [-0.15, -0.1) is 0 Å². The highest BCUT2D eigenvalue weighted by Gasteiger charge is 2.29. The van der Waals surface area contributed by atoms with E-state index >= 15 is 0 Å². The number of carbonyl (C=O) groups excluding carboxylic acids is 3. The number of aldehydes is 1. The zero-order valence-electron chi connectivity index (χ0n) is 30.5. The van der Waals surface area contributed by atoms with Crippen LogP contribution in [0.1, 0.15) is 80.4 Å². The molecule has 0 bridgehead atoms. The molecule has 0 unspecified atom stereocenters. The van der Waals surface area contributed by atoms with Crippen LogP contribution in [0.15, 0.2) is 52.7 Å². The summed E-state index contributed by atoms with van der Waals surface area (Å²) in [6.45, 7) is 13.3. The standard InChI is InChI=1S/C40H50ClN7O3/c1-6-47-19-17-25(2)34(22-47)42-27(4)39(50)44-32-11-7-9-30(26(32)3)31-10-8-12-33(37(31)41)45-40(51)38-43-35-23-48(20-18-36(35)46(38)5)21-28-13-15-29(24-49)16-14-28/h7-12,24,28-29H,6,13-23H2,1-5H3,(H,44,50)(H,45,51)/b42-27+. The van der Waals surface area contributed by atoms with Crippen molar-refractivity contribution in [3.63, 3.8) is 0 Å². The predicted molar refractivity (Wildman–Crippen MR) is 204 cm³/mol. The van der Waals surface area contributed by atoms with E-state index in [9.17, 15) is 14.4 Å². The van der Waals surface area contributed by atoms with Crippen LogP contribution < -0.4 is 10.6 Å². The molecule has 1 fully saturated rings. The van der Waals surface area contributed by atoms with Crippen LogP contribution in [0, 0.1) is 18.8 Å². The van der Waals surface area contributed by atoms with Crippen molar-refractivity contribution in [2.24, 2.45) is 23.9 Å². The number of hydrogen-bond acceptors (Lipinski definition) is 7. The lowest BCUT2D eigenvalue weighted by Gasteiger charge is -2.33. The molecule has 3 aromatic rings. The van der Waals surface area contributed by atoms with Gasteiger partial charge in [-0.2, -0.15) is 0 Å². The van der Waals surface area contributed by atoms with Crippen molar-refractivity contribution in [3.05, 3.63) is 75.5 Å². The normalized spacial score (nSPS) is 20.2. The van der Waals surface area contributed by atoms with Crippen LogP contribution in [0.2, 0.25) is 5.02 Å². The third-order valence-electron chi connectivity index (χ3n) is 11.0. The highest BCUT2D eigenvalue weighted by molar-refractivity contribution is 6.42. The monoisotopic (exact) mass is 711 g/mol. The van der Waals surface area contributed by atoms with Gasteiger partial charge in [0.2, 0.25) is 0 Å². The van der Waals surface area contributed by atoms with E-state index < -0.39 is 0 Å². The summed E-state index contributed by atoms with van der Waals surface area (Å²) in [4.78, 5) is 52.4. The smallest absolute Gasteiger partial charge is 0.291 e. The Labute approximate surface area is 306 Å². The van der Waals surface area contributed by atoms with Crippen LogP contribution >= 0.6 is 11.6 Å². The molecule has 1 aliphatic carbocycles. The first-order chi connectivity index (χ1) is 24.6. The van der Waals surface area contributed by atoms with Gasteiger partial charge in [0.05, 0.1) is 22.1 Å². The number of fused-ring (bicyclic) bond motifs is 1. The first-order valence-electron chi connectivity index (χ1n) is 18.3. The summed E-state index contributed by atoms with van der Waals surface area (Å²) in [5, 5.41) is 6.47. The van der Waals surface area contributed by atoms with Gasteiger partial charge in [0.1, 0.15) is 12.0 Å². The number of nitrogens with zero attached hydrogens (tertiary/aromatic N) is 5. The number of likely N-dealkylation sites (N-methyl/N-ethyl adjacent to an activating group) is 1. The first-order valence-corrected chi connectivity index (χ1v) is 18.6. The summed E-state index contributed by atoms with van der Waals surface area (Å²) in [5.74, 6) is 0.608. The average molecular weight is 712 g/mol. The number of amides is 2. The van der Waals surface area contributed by atoms with Gasteiger partial charge in [0, 0.05) is 69.1 Å². The molecular weight excluding hydrogens is 662 g/mol. The van der Waals surface area contributed by atoms with Crippen molar-refractivity contribution in [1.29, 1.82) is 0 Å². The zero-order valence-corrected chi connectivity index (χ0v) is 31.3. The van der Waals surface area contributed by atoms with Gasteiger partial charge >= 0.3 is 0 Å². The number of rotatable bonds is 10. The lowest BCUT2D eigenvalue weighted by Crippen LogP contribution is -2.36. The Balaban J connectivity index is 1.14. The van der Waals surface area contributed by atoms with E-state index in [1.807, 2.05) is 48.9 Å². The molecule has 0 radical (unpaired) electrons. The minimum atomic E-state index is -0.317. The van der Waals surface area contributed by atoms with Crippen LogP contribution in [-0.4, -0.2) is 75.9 Å². The molecule has 1 saturated carbocycles. The Bertz CT molecular complexity index is 1870. The summed E-state index contributed by atoms with van der Waals surface area (Å²) in [5.41, 5.74) is 8.23. The molecule has 1 aromatic heterocycles. The molecule has 51 heavy (non-hydrogen) atoms. The number of benzene rings is 2. The largest absolute Gasteiger partial charge is 0.327 e.